The molecule has 9 heteroatoms. The number of piperidine rings is 1. The van der Waals surface area contributed by atoms with Gasteiger partial charge in [-0.2, -0.15) is 0 Å². The molecule has 0 saturated carbocycles. The SMILES string of the molecule is CCS(=O)(=O)N1CCC(NC(=NCC2CCCCO2)NCCc2ccco2)CC1. The van der Waals surface area contributed by atoms with Crippen LogP contribution >= 0.6 is 0 Å². The van der Waals surface area contributed by atoms with E-state index in [9.17, 15) is 8.42 Å². The van der Waals surface area contributed by atoms with Gasteiger partial charge in [0, 0.05) is 38.7 Å². The van der Waals surface area contributed by atoms with Crippen molar-refractivity contribution in [1.29, 1.82) is 0 Å². The van der Waals surface area contributed by atoms with E-state index < -0.39 is 10.0 Å². The summed E-state index contributed by atoms with van der Waals surface area (Å²) in [7, 11) is -3.10. The third kappa shape index (κ3) is 7.01. The minimum Gasteiger partial charge on any atom is -0.469 e. The molecular weight excluding hydrogens is 392 g/mol. The Labute approximate surface area is 174 Å². The zero-order chi connectivity index (χ0) is 20.5. The number of ether oxygens (including phenoxy) is 1. The molecule has 8 nitrogen and oxygen atoms in total. The first-order valence-corrected chi connectivity index (χ1v) is 12.3. The first-order valence-electron chi connectivity index (χ1n) is 10.7. The summed E-state index contributed by atoms with van der Waals surface area (Å²) in [4.78, 5) is 4.75. The molecule has 3 heterocycles. The maximum Gasteiger partial charge on any atom is 0.213 e. The lowest BCUT2D eigenvalue weighted by Crippen LogP contribution is -2.50. The van der Waals surface area contributed by atoms with Crippen LogP contribution in [-0.2, 0) is 21.2 Å². The third-order valence-electron chi connectivity index (χ3n) is 5.52. The Kier molecular flexibility index (Phi) is 8.38. The summed E-state index contributed by atoms with van der Waals surface area (Å²) in [6.45, 7) is 4.98. The number of hydrogen-bond donors (Lipinski definition) is 2. The van der Waals surface area contributed by atoms with E-state index in [4.69, 9.17) is 14.1 Å². The lowest BCUT2D eigenvalue weighted by Gasteiger charge is -2.32. The number of rotatable bonds is 8. The summed E-state index contributed by atoms with van der Waals surface area (Å²) in [5.74, 6) is 1.86. The van der Waals surface area contributed by atoms with Crippen LogP contribution in [0.2, 0.25) is 0 Å². The van der Waals surface area contributed by atoms with E-state index in [0.29, 0.717) is 26.2 Å². The topological polar surface area (TPSA) is 96.2 Å². The molecule has 2 aliphatic rings. The van der Waals surface area contributed by atoms with Crippen molar-refractivity contribution in [1.82, 2.24) is 14.9 Å². The highest BCUT2D eigenvalue weighted by Gasteiger charge is 2.27. The molecule has 1 atom stereocenters. The Morgan fingerprint density at radius 3 is 2.76 bits per heavy atom. The molecule has 0 amide bonds. The second-order valence-corrected chi connectivity index (χ2v) is 9.91. The minimum absolute atomic E-state index is 0.160. The van der Waals surface area contributed by atoms with Gasteiger partial charge in [-0.3, -0.25) is 4.99 Å². The van der Waals surface area contributed by atoms with E-state index >= 15 is 0 Å². The molecule has 1 aromatic rings. The number of furan rings is 1. The Morgan fingerprint density at radius 1 is 1.28 bits per heavy atom. The summed E-state index contributed by atoms with van der Waals surface area (Å²) in [5.41, 5.74) is 0. The summed E-state index contributed by atoms with van der Waals surface area (Å²) >= 11 is 0. The highest BCUT2D eigenvalue weighted by atomic mass is 32.2. The average molecular weight is 427 g/mol. The maximum atomic E-state index is 12.1. The van der Waals surface area contributed by atoms with Crippen molar-refractivity contribution in [3.05, 3.63) is 24.2 Å². The second-order valence-electron chi connectivity index (χ2n) is 7.65. The number of sulfonamides is 1. The molecule has 29 heavy (non-hydrogen) atoms. The van der Waals surface area contributed by atoms with Crippen molar-refractivity contribution in [2.24, 2.45) is 4.99 Å². The van der Waals surface area contributed by atoms with E-state index in [-0.39, 0.29) is 17.9 Å². The molecule has 0 aromatic carbocycles. The van der Waals surface area contributed by atoms with Gasteiger partial charge in [0.05, 0.1) is 24.7 Å². The predicted octanol–water partition coefficient (Wildman–Crippen LogP) is 1.74. The van der Waals surface area contributed by atoms with E-state index in [1.54, 1.807) is 17.5 Å². The van der Waals surface area contributed by atoms with Crippen LogP contribution in [0.1, 0.15) is 44.8 Å². The predicted molar refractivity (Wildman–Crippen MR) is 113 cm³/mol. The van der Waals surface area contributed by atoms with Crippen molar-refractivity contribution in [3.8, 4) is 0 Å². The number of nitrogens with zero attached hydrogens (tertiary/aromatic N) is 2. The van der Waals surface area contributed by atoms with Gasteiger partial charge in [0.25, 0.3) is 0 Å². The molecule has 3 rings (SSSR count). The van der Waals surface area contributed by atoms with Gasteiger partial charge in [-0.05, 0) is 51.2 Å². The Hall–Kier alpha value is -1.58. The van der Waals surface area contributed by atoms with Crippen molar-refractivity contribution in [2.45, 2.75) is 57.6 Å². The fourth-order valence-corrected chi connectivity index (χ4v) is 4.84. The quantitative estimate of drug-likeness (QED) is 0.486. The molecule has 0 aliphatic carbocycles. The van der Waals surface area contributed by atoms with Gasteiger partial charge in [-0.15, -0.1) is 0 Å². The number of guanidine groups is 1. The molecule has 2 fully saturated rings. The highest BCUT2D eigenvalue weighted by Crippen LogP contribution is 2.15. The Balaban J connectivity index is 1.52. The number of hydrogen-bond acceptors (Lipinski definition) is 5. The van der Waals surface area contributed by atoms with Crippen molar-refractivity contribution in [3.63, 3.8) is 0 Å². The maximum absolute atomic E-state index is 12.1. The summed E-state index contributed by atoms with van der Waals surface area (Å²) in [6, 6.07) is 4.06. The van der Waals surface area contributed by atoms with Crippen LogP contribution in [0.4, 0.5) is 0 Å². The van der Waals surface area contributed by atoms with Gasteiger partial charge in [0.1, 0.15) is 5.76 Å². The molecular formula is C20H34N4O4S. The zero-order valence-corrected chi connectivity index (χ0v) is 18.1. The lowest BCUT2D eigenvalue weighted by molar-refractivity contribution is 0.0224. The summed E-state index contributed by atoms with van der Waals surface area (Å²) < 4.78 is 36.9. The molecule has 2 aliphatic heterocycles. The van der Waals surface area contributed by atoms with Crippen LogP contribution in [0.5, 0.6) is 0 Å². The zero-order valence-electron chi connectivity index (χ0n) is 17.3. The molecule has 0 bridgehead atoms. The van der Waals surface area contributed by atoms with Crippen LogP contribution in [-0.4, -0.2) is 69.4 Å². The summed E-state index contributed by atoms with van der Waals surface area (Å²) in [6.07, 6.45) is 7.57. The van der Waals surface area contributed by atoms with E-state index in [0.717, 1.165) is 50.4 Å². The van der Waals surface area contributed by atoms with Gasteiger partial charge in [-0.1, -0.05) is 0 Å². The normalized spacial score (nSPS) is 22.5. The van der Waals surface area contributed by atoms with Crippen LogP contribution in [0, 0.1) is 0 Å². The van der Waals surface area contributed by atoms with Crippen LogP contribution < -0.4 is 10.6 Å². The average Bonchev–Trinajstić information content (AvgIpc) is 3.26. The van der Waals surface area contributed by atoms with Crippen LogP contribution in [0.15, 0.2) is 27.8 Å². The Morgan fingerprint density at radius 2 is 2.10 bits per heavy atom. The summed E-state index contributed by atoms with van der Waals surface area (Å²) in [5, 5.41) is 6.89. The molecule has 1 unspecified atom stereocenters. The highest BCUT2D eigenvalue weighted by molar-refractivity contribution is 7.89. The number of aliphatic imine (C=N–C) groups is 1. The van der Waals surface area contributed by atoms with Gasteiger partial charge in [0.15, 0.2) is 5.96 Å². The second kappa shape index (κ2) is 11.0. The van der Waals surface area contributed by atoms with Gasteiger partial charge in [0.2, 0.25) is 10.0 Å². The Bertz CT molecular complexity index is 722. The van der Waals surface area contributed by atoms with Crippen molar-refractivity contribution in [2.75, 3.05) is 38.5 Å². The largest absolute Gasteiger partial charge is 0.469 e. The van der Waals surface area contributed by atoms with Gasteiger partial charge < -0.3 is 19.8 Å². The third-order valence-corrected chi connectivity index (χ3v) is 7.41. The van der Waals surface area contributed by atoms with E-state index in [1.165, 1.54) is 6.42 Å². The fraction of sp³-hybridized carbons (Fsp3) is 0.750. The van der Waals surface area contributed by atoms with Crippen molar-refractivity contribution >= 4 is 16.0 Å². The van der Waals surface area contributed by atoms with Gasteiger partial charge >= 0.3 is 0 Å². The standard InChI is InChI=1S/C20H34N4O4S/c1-2-29(25,26)24-12-9-17(10-13-24)23-20(21-11-8-18-7-5-15-27-18)22-16-19-6-3-4-14-28-19/h5,7,15,17,19H,2-4,6,8-14,16H2,1H3,(H2,21,22,23). The number of nitrogens with one attached hydrogen (secondary N) is 2. The smallest absolute Gasteiger partial charge is 0.213 e. The monoisotopic (exact) mass is 426 g/mol. The molecule has 1 aromatic heterocycles. The lowest BCUT2D eigenvalue weighted by atomic mass is 10.1. The van der Waals surface area contributed by atoms with Crippen molar-refractivity contribution < 1.29 is 17.6 Å². The first-order chi connectivity index (χ1) is 14.1. The molecule has 2 saturated heterocycles. The van der Waals surface area contributed by atoms with E-state index in [2.05, 4.69) is 10.6 Å². The molecule has 2 N–H and O–H groups in total. The minimum atomic E-state index is -3.10. The van der Waals surface area contributed by atoms with Gasteiger partial charge in [-0.25, -0.2) is 12.7 Å². The van der Waals surface area contributed by atoms with Crippen LogP contribution in [0.3, 0.4) is 0 Å². The molecule has 0 spiro atoms. The molecule has 164 valence electrons. The fourth-order valence-electron chi connectivity index (χ4n) is 3.71. The van der Waals surface area contributed by atoms with E-state index in [1.807, 2.05) is 12.1 Å². The van der Waals surface area contributed by atoms with Crippen LogP contribution in [0.25, 0.3) is 0 Å². The first kappa shape index (κ1) is 22.1. The molecule has 0 radical (unpaired) electrons.